The Morgan fingerprint density at radius 1 is 1.07 bits per heavy atom. The summed E-state index contributed by atoms with van der Waals surface area (Å²) in [6, 6.07) is 13.5. The summed E-state index contributed by atoms with van der Waals surface area (Å²) >= 11 is 1.25. The number of pyridine rings is 1. The molecule has 1 aromatic carbocycles. The van der Waals surface area contributed by atoms with Crippen molar-refractivity contribution in [1.29, 1.82) is 0 Å². The fourth-order valence-corrected chi connectivity index (χ4v) is 3.50. The van der Waals surface area contributed by atoms with Crippen molar-refractivity contribution in [2.24, 2.45) is 0 Å². The number of rotatable bonds is 7. The number of benzene rings is 1. The van der Waals surface area contributed by atoms with E-state index in [0.717, 1.165) is 24.0 Å². The summed E-state index contributed by atoms with van der Waals surface area (Å²) in [5, 5.41) is 14.3. The minimum Gasteiger partial charge on any atom is -0.335 e. The Labute approximate surface area is 172 Å². The molecule has 1 aliphatic rings. The van der Waals surface area contributed by atoms with Gasteiger partial charge < -0.3 is 5.32 Å². The van der Waals surface area contributed by atoms with E-state index in [9.17, 15) is 9.59 Å². The number of thioether (sulfide) groups is 1. The summed E-state index contributed by atoms with van der Waals surface area (Å²) in [5.41, 5.74) is 1.99. The summed E-state index contributed by atoms with van der Waals surface area (Å²) in [6.07, 6.45) is 5.35. The van der Waals surface area contributed by atoms with Crippen molar-refractivity contribution >= 4 is 23.7 Å². The molecule has 0 aliphatic heterocycles. The summed E-state index contributed by atoms with van der Waals surface area (Å²) in [7, 11) is 0. The molecule has 1 fully saturated rings. The molecule has 29 heavy (non-hydrogen) atoms. The van der Waals surface area contributed by atoms with Gasteiger partial charge >= 0.3 is 6.03 Å². The number of nitrogens with zero attached hydrogens (tertiary/aromatic N) is 4. The highest BCUT2D eigenvalue weighted by molar-refractivity contribution is 7.99. The highest BCUT2D eigenvalue weighted by Gasteiger charge is 2.24. The van der Waals surface area contributed by atoms with E-state index in [-0.39, 0.29) is 17.7 Å². The number of urea groups is 1. The van der Waals surface area contributed by atoms with Crippen molar-refractivity contribution in [3.63, 3.8) is 0 Å². The molecule has 2 heterocycles. The molecule has 9 heteroatoms. The maximum Gasteiger partial charge on any atom is 0.321 e. The van der Waals surface area contributed by atoms with Crippen molar-refractivity contribution in [3.8, 4) is 11.4 Å². The van der Waals surface area contributed by atoms with E-state index >= 15 is 0 Å². The van der Waals surface area contributed by atoms with Crippen LogP contribution >= 0.6 is 11.8 Å². The van der Waals surface area contributed by atoms with Gasteiger partial charge in [0.25, 0.3) is 0 Å². The van der Waals surface area contributed by atoms with Crippen LogP contribution in [0.2, 0.25) is 0 Å². The largest absolute Gasteiger partial charge is 0.335 e. The first-order chi connectivity index (χ1) is 14.2. The van der Waals surface area contributed by atoms with Gasteiger partial charge in [-0.3, -0.25) is 19.7 Å². The van der Waals surface area contributed by atoms with Crippen molar-refractivity contribution in [1.82, 2.24) is 30.4 Å². The lowest BCUT2D eigenvalue weighted by Gasteiger charge is -2.10. The van der Waals surface area contributed by atoms with Crippen LogP contribution in [0, 0.1) is 0 Å². The first-order valence-electron chi connectivity index (χ1n) is 9.30. The van der Waals surface area contributed by atoms with Crippen molar-refractivity contribution in [3.05, 3.63) is 60.4 Å². The van der Waals surface area contributed by atoms with E-state index in [1.165, 1.54) is 11.8 Å². The zero-order valence-electron chi connectivity index (χ0n) is 15.6. The van der Waals surface area contributed by atoms with Crippen molar-refractivity contribution in [2.45, 2.75) is 30.6 Å². The van der Waals surface area contributed by atoms with E-state index in [2.05, 4.69) is 25.8 Å². The average molecular weight is 408 g/mol. The Morgan fingerprint density at radius 2 is 1.83 bits per heavy atom. The van der Waals surface area contributed by atoms with E-state index in [0.29, 0.717) is 17.5 Å². The first-order valence-corrected chi connectivity index (χ1v) is 10.3. The van der Waals surface area contributed by atoms with Crippen LogP contribution in [0.5, 0.6) is 0 Å². The van der Waals surface area contributed by atoms with Gasteiger partial charge in [0, 0.05) is 24.0 Å². The van der Waals surface area contributed by atoms with Gasteiger partial charge in [0.05, 0.1) is 12.3 Å². The number of carbonyl (C=O) groups excluding carboxylic acids is 2. The van der Waals surface area contributed by atoms with Gasteiger partial charge in [-0.2, -0.15) is 0 Å². The first kappa shape index (κ1) is 19.1. The normalized spacial score (nSPS) is 13.1. The van der Waals surface area contributed by atoms with Gasteiger partial charge in [-0.05, 0) is 30.5 Å². The SMILES string of the molecule is O=C(CSc1nnc(-c2ccncc2)n1Cc1ccccc1)NC(=O)NC1CC1. The molecule has 2 N–H and O–H groups in total. The molecular weight excluding hydrogens is 388 g/mol. The molecular formula is C20H20N6O2S. The fourth-order valence-electron chi connectivity index (χ4n) is 2.76. The van der Waals surface area contributed by atoms with Gasteiger partial charge in [0.2, 0.25) is 5.91 Å². The number of amides is 3. The number of imide groups is 1. The van der Waals surface area contributed by atoms with Crippen LogP contribution in [0.3, 0.4) is 0 Å². The van der Waals surface area contributed by atoms with Gasteiger partial charge in [-0.1, -0.05) is 42.1 Å². The van der Waals surface area contributed by atoms with E-state index in [1.807, 2.05) is 47.0 Å². The van der Waals surface area contributed by atoms with Crippen LogP contribution in [0.4, 0.5) is 4.79 Å². The predicted octanol–water partition coefficient (Wildman–Crippen LogP) is 2.47. The predicted molar refractivity (Wildman–Crippen MR) is 109 cm³/mol. The molecule has 0 radical (unpaired) electrons. The minimum atomic E-state index is -0.443. The van der Waals surface area contributed by atoms with Crippen LogP contribution in [-0.2, 0) is 11.3 Å². The monoisotopic (exact) mass is 408 g/mol. The lowest BCUT2D eigenvalue weighted by molar-refractivity contribution is -0.117. The molecule has 0 saturated heterocycles. The van der Waals surface area contributed by atoms with E-state index in [4.69, 9.17) is 0 Å². The van der Waals surface area contributed by atoms with Gasteiger partial charge in [0.1, 0.15) is 0 Å². The molecule has 0 spiro atoms. The molecule has 0 bridgehead atoms. The lowest BCUT2D eigenvalue weighted by Crippen LogP contribution is -2.41. The molecule has 1 saturated carbocycles. The quantitative estimate of drug-likeness (QED) is 0.583. The number of aromatic nitrogens is 4. The number of hydrogen-bond donors (Lipinski definition) is 2. The van der Waals surface area contributed by atoms with Crippen LogP contribution in [0.1, 0.15) is 18.4 Å². The molecule has 0 atom stereocenters. The Balaban J connectivity index is 1.49. The number of carbonyl (C=O) groups is 2. The van der Waals surface area contributed by atoms with Crippen molar-refractivity contribution in [2.75, 3.05) is 5.75 Å². The second kappa shape index (κ2) is 8.87. The highest BCUT2D eigenvalue weighted by atomic mass is 32.2. The highest BCUT2D eigenvalue weighted by Crippen LogP contribution is 2.25. The molecule has 0 unspecified atom stereocenters. The second-order valence-corrected chi connectivity index (χ2v) is 7.64. The molecule has 1 aliphatic carbocycles. The third-order valence-corrected chi connectivity index (χ3v) is 5.30. The van der Waals surface area contributed by atoms with Crippen LogP contribution in [0.25, 0.3) is 11.4 Å². The third-order valence-electron chi connectivity index (χ3n) is 4.34. The van der Waals surface area contributed by atoms with Gasteiger partial charge in [-0.25, -0.2) is 4.79 Å². The van der Waals surface area contributed by atoms with Crippen LogP contribution in [0.15, 0.2) is 60.0 Å². The molecule has 3 aromatic rings. The van der Waals surface area contributed by atoms with E-state index in [1.54, 1.807) is 12.4 Å². The summed E-state index contributed by atoms with van der Waals surface area (Å²) in [5.74, 6) is 0.403. The number of hydrogen-bond acceptors (Lipinski definition) is 6. The average Bonchev–Trinajstić information content (AvgIpc) is 3.46. The van der Waals surface area contributed by atoms with Crippen LogP contribution in [-0.4, -0.2) is 43.5 Å². The van der Waals surface area contributed by atoms with E-state index < -0.39 is 6.03 Å². The zero-order valence-corrected chi connectivity index (χ0v) is 16.4. The molecule has 4 rings (SSSR count). The second-order valence-electron chi connectivity index (χ2n) is 6.70. The van der Waals surface area contributed by atoms with Crippen LogP contribution < -0.4 is 10.6 Å². The standard InChI is InChI=1S/C20H20N6O2S/c27-17(23-19(28)22-16-6-7-16)13-29-20-25-24-18(15-8-10-21-11-9-15)26(20)12-14-4-2-1-3-5-14/h1-5,8-11,16H,6-7,12-13H2,(H2,22,23,27,28). The van der Waals surface area contributed by atoms with Gasteiger partial charge in [-0.15, -0.1) is 10.2 Å². The summed E-state index contributed by atoms with van der Waals surface area (Å²) in [4.78, 5) is 27.9. The summed E-state index contributed by atoms with van der Waals surface area (Å²) in [6.45, 7) is 0.567. The Bertz CT molecular complexity index is 989. The van der Waals surface area contributed by atoms with Gasteiger partial charge in [0.15, 0.2) is 11.0 Å². The number of nitrogens with one attached hydrogen (secondary N) is 2. The third kappa shape index (κ3) is 5.20. The van der Waals surface area contributed by atoms with Crippen molar-refractivity contribution < 1.29 is 9.59 Å². The zero-order chi connectivity index (χ0) is 20.1. The Hall–Kier alpha value is -3.20. The smallest absolute Gasteiger partial charge is 0.321 e. The molecule has 8 nitrogen and oxygen atoms in total. The molecule has 148 valence electrons. The topological polar surface area (TPSA) is 102 Å². The maximum atomic E-state index is 12.1. The fraction of sp³-hybridized carbons (Fsp3) is 0.250. The molecule has 3 amide bonds. The minimum absolute atomic E-state index is 0.0708. The summed E-state index contributed by atoms with van der Waals surface area (Å²) < 4.78 is 1.97. The Morgan fingerprint density at radius 3 is 2.55 bits per heavy atom. The lowest BCUT2D eigenvalue weighted by atomic mass is 10.2. The maximum absolute atomic E-state index is 12.1. The molecule has 2 aromatic heterocycles. The Kier molecular flexibility index (Phi) is 5.85.